The van der Waals surface area contributed by atoms with Crippen molar-refractivity contribution in [2.75, 3.05) is 0 Å². The Labute approximate surface area is 66.6 Å². The highest BCUT2D eigenvalue weighted by Gasteiger charge is 2.18. The Balaban J connectivity index is 0.00000121. The van der Waals surface area contributed by atoms with E-state index in [9.17, 15) is 22.0 Å². The van der Waals surface area contributed by atoms with Gasteiger partial charge in [0.05, 0.1) is 8.41 Å². The zero-order valence-electron chi connectivity index (χ0n) is 4.97. The van der Waals surface area contributed by atoms with Gasteiger partial charge in [-0.25, -0.2) is 22.0 Å². The van der Waals surface area contributed by atoms with Gasteiger partial charge in [0.25, 0.3) is 0 Å². The molecule has 0 heterocycles. The average Bonchev–Trinajstić information content (AvgIpc) is 1.97. The largest absolute Gasteiger partial charge is 0.204 e. The zero-order valence-corrected chi connectivity index (χ0v) is 4.97. The smallest absolute Gasteiger partial charge is 0.200 e. The molecule has 0 aromatic heterocycles. The first-order valence-corrected chi connectivity index (χ1v) is 2.52. The average molecular weight is 182 g/mol. The van der Waals surface area contributed by atoms with E-state index in [1.165, 1.54) is 0 Å². The second-order valence-corrected chi connectivity index (χ2v) is 1.78. The second kappa shape index (κ2) is 3.56. The van der Waals surface area contributed by atoms with Crippen LogP contribution in [-0.2, 0) is 0 Å². The molecule has 1 aromatic rings. The van der Waals surface area contributed by atoms with Crippen LogP contribution in [0.3, 0.4) is 0 Å². The van der Waals surface area contributed by atoms with E-state index in [1.54, 1.807) is 0 Å². The fraction of sp³-hybridized carbons (Fsp3) is 0. The van der Waals surface area contributed by atoms with Crippen LogP contribution in [0.15, 0.2) is 6.07 Å². The monoisotopic (exact) mass is 182 g/mol. The van der Waals surface area contributed by atoms with Crippen molar-refractivity contribution in [3.8, 4) is 0 Å². The molecule has 1 rings (SSSR count). The van der Waals surface area contributed by atoms with Crippen molar-refractivity contribution in [2.45, 2.75) is 0 Å². The summed E-state index contributed by atoms with van der Waals surface area (Å²) < 4.78 is 60.0. The lowest BCUT2D eigenvalue weighted by Crippen LogP contribution is -1.98. The predicted molar refractivity (Wildman–Crippen MR) is 36.2 cm³/mol. The molecule has 0 aliphatic heterocycles. The van der Waals surface area contributed by atoms with Gasteiger partial charge in [0, 0.05) is 6.07 Å². The van der Waals surface area contributed by atoms with Crippen molar-refractivity contribution in [3.05, 3.63) is 35.2 Å². The van der Waals surface area contributed by atoms with Gasteiger partial charge in [-0.1, -0.05) is 0 Å². The summed E-state index contributed by atoms with van der Waals surface area (Å²) >= 11 is 0. The topological polar surface area (TPSA) is 0 Å². The van der Waals surface area contributed by atoms with Gasteiger partial charge in [-0.3, -0.25) is 0 Å². The lowest BCUT2D eigenvalue weighted by atomic mass is 10.3. The minimum Gasteiger partial charge on any atom is -0.204 e. The first kappa shape index (κ1) is 10.9. The van der Waals surface area contributed by atoms with Crippen molar-refractivity contribution in [3.63, 3.8) is 0 Å². The van der Waals surface area contributed by atoms with Crippen molar-refractivity contribution >= 4 is 8.41 Å². The molecule has 1 aromatic carbocycles. The first-order valence-electron chi connectivity index (χ1n) is 2.52. The third-order valence-electron chi connectivity index (χ3n) is 1.06. The van der Waals surface area contributed by atoms with E-state index in [2.05, 4.69) is 0 Å². The van der Waals surface area contributed by atoms with Gasteiger partial charge in [-0.2, -0.15) is 0 Å². The molecule has 0 N–H and O–H groups in total. The molecule has 0 fully saturated rings. The fourth-order valence-electron chi connectivity index (χ4n) is 0.544. The number of rotatable bonds is 0. The van der Waals surface area contributed by atoms with E-state index in [-0.39, 0.29) is 14.5 Å². The Morgan fingerprint density at radius 1 is 0.667 bits per heavy atom. The summed E-state index contributed by atoms with van der Waals surface area (Å²) in [6, 6.07) is -0.0618. The van der Waals surface area contributed by atoms with Crippen LogP contribution in [0, 0.1) is 29.1 Å². The Bertz CT molecular complexity index is 272. The lowest BCUT2D eigenvalue weighted by molar-refractivity contribution is 0.378. The van der Waals surface area contributed by atoms with Gasteiger partial charge in [0.1, 0.15) is 0 Å². The summed E-state index contributed by atoms with van der Waals surface area (Å²) in [6.07, 6.45) is 0. The highest BCUT2D eigenvalue weighted by molar-refractivity contribution is 5.75. The Morgan fingerprint density at radius 3 is 1.33 bits per heavy atom. The zero-order chi connectivity index (χ0) is 8.59. The number of hydrogen-bond donors (Lipinski definition) is 0. The standard InChI is InChI=1S/C6HF5.BH3/c7-2-1-3(8)5(10)6(11)4(2)9;/h1H;1H3. The molecule has 0 nitrogen and oxygen atoms in total. The lowest BCUT2D eigenvalue weighted by Gasteiger charge is -1.96. The van der Waals surface area contributed by atoms with Crippen molar-refractivity contribution in [1.82, 2.24) is 0 Å². The highest BCUT2D eigenvalue weighted by Crippen LogP contribution is 2.16. The van der Waals surface area contributed by atoms with Gasteiger partial charge in [0.15, 0.2) is 23.3 Å². The second-order valence-electron chi connectivity index (χ2n) is 1.78. The van der Waals surface area contributed by atoms with E-state index in [1.807, 2.05) is 0 Å². The minimum absolute atomic E-state index is 0. The van der Waals surface area contributed by atoms with Crippen LogP contribution < -0.4 is 0 Å². The number of halogens is 5. The van der Waals surface area contributed by atoms with Gasteiger partial charge < -0.3 is 0 Å². The number of benzene rings is 1. The minimum atomic E-state index is -2.14. The van der Waals surface area contributed by atoms with Crippen molar-refractivity contribution < 1.29 is 22.0 Å². The molecule has 0 saturated carbocycles. The number of hydrogen-bond acceptors (Lipinski definition) is 0. The molecule has 0 aliphatic rings. The molecule has 0 amide bonds. The maximum Gasteiger partial charge on any atom is 0.200 e. The quantitative estimate of drug-likeness (QED) is 0.244. The summed E-state index contributed by atoms with van der Waals surface area (Å²) in [7, 11) is 0. The molecular weight excluding hydrogens is 178 g/mol. The summed E-state index contributed by atoms with van der Waals surface area (Å²) in [5.41, 5.74) is 0. The van der Waals surface area contributed by atoms with Crippen molar-refractivity contribution in [1.29, 1.82) is 0 Å². The molecule has 6 heteroatoms. The predicted octanol–water partition coefficient (Wildman–Crippen LogP) is 1.20. The Kier molecular flexibility index (Phi) is 3.24. The molecule has 0 spiro atoms. The van der Waals surface area contributed by atoms with Crippen LogP contribution in [0.4, 0.5) is 22.0 Å². The SMILES string of the molecule is B.Fc1cc(F)c(F)c(F)c1F. The van der Waals surface area contributed by atoms with E-state index in [4.69, 9.17) is 0 Å². The maximum absolute atomic E-state index is 12.0. The molecule has 0 unspecified atom stereocenters. The fourth-order valence-corrected chi connectivity index (χ4v) is 0.544. The molecule has 0 atom stereocenters. The Morgan fingerprint density at radius 2 is 1.00 bits per heavy atom. The summed E-state index contributed by atoms with van der Waals surface area (Å²) in [6.45, 7) is 0. The third kappa shape index (κ3) is 1.57. The van der Waals surface area contributed by atoms with E-state index in [0.717, 1.165) is 0 Å². The van der Waals surface area contributed by atoms with Crippen LogP contribution in [-0.4, -0.2) is 8.41 Å². The molecule has 66 valence electrons. The molecule has 0 saturated heterocycles. The van der Waals surface area contributed by atoms with Gasteiger partial charge in [0.2, 0.25) is 5.82 Å². The van der Waals surface area contributed by atoms with Crippen LogP contribution in [0.5, 0.6) is 0 Å². The van der Waals surface area contributed by atoms with Gasteiger partial charge in [-0.05, 0) is 0 Å². The first-order chi connectivity index (χ1) is 5.04. The molecule has 12 heavy (non-hydrogen) atoms. The van der Waals surface area contributed by atoms with Gasteiger partial charge in [-0.15, -0.1) is 0 Å². The normalized spacial score (nSPS) is 9.42. The van der Waals surface area contributed by atoms with E-state index in [0.29, 0.717) is 0 Å². The Hall–Kier alpha value is -1.07. The van der Waals surface area contributed by atoms with Crippen LogP contribution in [0.2, 0.25) is 0 Å². The molecule has 0 aliphatic carbocycles. The molecular formula is C6H4BF5. The van der Waals surface area contributed by atoms with Crippen LogP contribution in [0.25, 0.3) is 0 Å². The van der Waals surface area contributed by atoms with E-state index >= 15 is 0 Å². The van der Waals surface area contributed by atoms with Crippen LogP contribution in [0.1, 0.15) is 0 Å². The molecule has 0 radical (unpaired) electrons. The third-order valence-corrected chi connectivity index (χ3v) is 1.06. The van der Waals surface area contributed by atoms with E-state index < -0.39 is 29.1 Å². The summed E-state index contributed by atoms with van der Waals surface area (Å²) in [4.78, 5) is 0. The van der Waals surface area contributed by atoms with Crippen molar-refractivity contribution in [2.24, 2.45) is 0 Å². The van der Waals surface area contributed by atoms with Gasteiger partial charge >= 0.3 is 0 Å². The maximum atomic E-state index is 12.0. The molecule has 0 bridgehead atoms. The van der Waals surface area contributed by atoms with Crippen LogP contribution >= 0.6 is 0 Å². The summed E-state index contributed by atoms with van der Waals surface area (Å²) in [5, 5.41) is 0. The summed E-state index contributed by atoms with van der Waals surface area (Å²) in [5.74, 6) is -9.65. The highest BCUT2D eigenvalue weighted by atomic mass is 19.2.